The van der Waals surface area contributed by atoms with Crippen LogP contribution in [0.5, 0.6) is 0 Å². The maximum atomic E-state index is 12.0. The van der Waals surface area contributed by atoms with E-state index in [-0.39, 0.29) is 19.1 Å². The highest BCUT2D eigenvalue weighted by atomic mass is 16.4. The van der Waals surface area contributed by atoms with Crippen molar-refractivity contribution in [3.63, 3.8) is 0 Å². The zero-order valence-corrected chi connectivity index (χ0v) is 14.2. The number of nitrogens with zero attached hydrogens (tertiary/aromatic N) is 1. The second-order valence-corrected chi connectivity index (χ2v) is 5.90. The van der Waals surface area contributed by atoms with Crippen LogP contribution in [0.1, 0.15) is 78.1 Å². The summed E-state index contributed by atoms with van der Waals surface area (Å²) in [4.78, 5) is 24.3. The van der Waals surface area contributed by atoms with Gasteiger partial charge in [-0.1, -0.05) is 58.3 Å². The molecule has 0 aliphatic rings. The van der Waals surface area contributed by atoms with E-state index in [1.54, 1.807) is 0 Å². The molecule has 0 spiro atoms. The molecule has 5 nitrogen and oxygen atoms in total. The van der Waals surface area contributed by atoms with Crippen molar-refractivity contribution < 1.29 is 19.8 Å². The molecular weight excluding hydrogens is 282 g/mol. The van der Waals surface area contributed by atoms with Gasteiger partial charge in [0.2, 0.25) is 5.91 Å². The second-order valence-electron chi connectivity index (χ2n) is 5.90. The van der Waals surface area contributed by atoms with Crippen molar-refractivity contribution in [3.8, 4) is 0 Å². The number of aliphatic hydroxyl groups excluding tert-OH is 1. The maximum Gasteiger partial charge on any atom is 0.326 e. The van der Waals surface area contributed by atoms with E-state index in [0.717, 1.165) is 19.3 Å². The Morgan fingerprint density at radius 3 is 1.91 bits per heavy atom. The van der Waals surface area contributed by atoms with Gasteiger partial charge in [-0.05, 0) is 13.3 Å². The highest BCUT2D eigenvalue weighted by molar-refractivity contribution is 5.83. The standard InChI is InChI=1S/C17H33NO4/c1-3-4-5-6-7-8-9-10-11-12-16(20)18(13-14-19)15(2)17(21)22/h15,19H,3-14H2,1-2H3,(H,21,22)/t15-/m0/s1. The number of carbonyl (C=O) groups excluding carboxylic acids is 1. The van der Waals surface area contributed by atoms with Gasteiger partial charge < -0.3 is 15.1 Å². The third kappa shape index (κ3) is 9.77. The summed E-state index contributed by atoms with van der Waals surface area (Å²) < 4.78 is 0. The van der Waals surface area contributed by atoms with Crippen molar-refractivity contribution in [2.24, 2.45) is 0 Å². The Labute approximate surface area is 134 Å². The van der Waals surface area contributed by atoms with Gasteiger partial charge in [-0.15, -0.1) is 0 Å². The lowest BCUT2D eigenvalue weighted by Crippen LogP contribution is -2.44. The van der Waals surface area contributed by atoms with Crippen LogP contribution in [0.3, 0.4) is 0 Å². The highest BCUT2D eigenvalue weighted by Crippen LogP contribution is 2.12. The van der Waals surface area contributed by atoms with Crippen LogP contribution in [0.4, 0.5) is 0 Å². The summed E-state index contributed by atoms with van der Waals surface area (Å²) in [5.41, 5.74) is 0. The number of aliphatic hydroxyl groups is 1. The van der Waals surface area contributed by atoms with Crippen molar-refractivity contribution in [1.29, 1.82) is 0 Å². The lowest BCUT2D eigenvalue weighted by atomic mass is 10.1. The van der Waals surface area contributed by atoms with E-state index >= 15 is 0 Å². The minimum atomic E-state index is -1.03. The molecule has 0 saturated heterocycles. The van der Waals surface area contributed by atoms with Crippen molar-refractivity contribution in [2.45, 2.75) is 84.1 Å². The van der Waals surface area contributed by atoms with Gasteiger partial charge in [-0.25, -0.2) is 4.79 Å². The van der Waals surface area contributed by atoms with E-state index in [0.29, 0.717) is 6.42 Å². The van der Waals surface area contributed by atoms with Crippen LogP contribution in [0.15, 0.2) is 0 Å². The SMILES string of the molecule is CCCCCCCCCCCC(=O)N(CCO)[C@@H](C)C(=O)O. The molecule has 22 heavy (non-hydrogen) atoms. The molecule has 1 atom stereocenters. The Kier molecular flexibility index (Phi) is 12.9. The molecule has 0 unspecified atom stereocenters. The van der Waals surface area contributed by atoms with E-state index in [9.17, 15) is 9.59 Å². The molecule has 0 saturated carbocycles. The molecule has 0 aromatic heterocycles. The number of unbranched alkanes of at least 4 members (excludes halogenated alkanes) is 8. The number of hydrogen-bond donors (Lipinski definition) is 2. The Hall–Kier alpha value is -1.10. The summed E-state index contributed by atoms with van der Waals surface area (Å²) in [5.74, 6) is -1.21. The Bertz CT molecular complexity index is 307. The molecule has 0 radical (unpaired) electrons. The first-order valence-electron chi connectivity index (χ1n) is 8.67. The molecule has 0 heterocycles. The van der Waals surface area contributed by atoms with Crippen molar-refractivity contribution in [2.75, 3.05) is 13.2 Å². The molecule has 1 amide bonds. The average molecular weight is 315 g/mol. The minimum Gasteiger partial charge on any atom is -0.480 e. The van der Waals surface area contributed by atoms with Gasteiger partial charge in [0.15, 0.2) is 0 Å². The molecule has 0 aliphatic heterocycles. The molecule has 0 aliphatic carbocycles. The fourth-order valence-corrected chi connectivity index (χ4v) is 2.51. The van der Waals surface area contributed by atoms with Gasteiger partial charge in [0.1, 0.15) is 6.04 Å². The number of hydrogen-bond acceptors (Lipinski definition) is 3. The van der Waals surface area contributed by atoms with Gasteiger partial charge in [0, 0.05) is 13.0 Å². The Balaban J connectivity index is 3.79. The highest BCUT2D eigenvalue weighted by Gasteiger charge is 2.24. The van der Waals surface area contributed by atoms with Crippen LogP contribution < -0.4 is 0 Å². The number of carboxylic acid groups (broad SMARTS) is 1. The number of rotatable bonds is 14. The fraction of sp³-hybridized carbons (Fsp3) is 0.882. The van der Waals surface area contributed by atoms with Crippen LogP contribution in [0, 0.1) is 0 Å². The largest absolute Gasteiger partial charge is 0.480 e. The molecule has 130 valence electrons. The van der Waals surface area contributed by atoms with E-state index in [2.05, 4.69) is 6.92 Å². The first kappa shape index (κ1) is 20.9. The molecule has 0 rings (SSSR count). The van der Waals surface area contributed by atoms with Gasteiger partial charge in [-0.2, -0.15) is 0 Å². The first-order valence-corrected chi connectivity index (χ1v) is 8.67. The molecule has 0 fully saturated rings. The van der Waals surface area contributed by atoms with E-state index < -0.39 is 12.0 Å². The fourth-order valence-electron chi connectivity index (χ4n) is 2.51. The van der Waals surface area contributed by atoms with Crippen molar-refractivity contribution >= 4 is 11.9 Å². The molecule has 0 aromatic rings. The monoisotopic (exact) mass is 315 g/mol. The number of amides is 1. The van der Waals surface area contributed by atoms with Crippen LogP contribution >= 0.6 is 0 Å². The normalized spacial score (nSPS) is 12.1. The summed E-state index contributed by atoms with van der Waals surface area (Å²) in [7, 11) is 0. The third-order valence-electron chi connectivity index (χ3n) is 3.98. The smallest absolute Gasteiger partial charge is 0.326 e. The zero-order valence-electron chi connectivity index (χ0n) is 14.2. The van der Waals surface area contributed by atoms with E-state index in [1.165, 1.54) is 50.3 Å². The minimum absolute atomic E-state index is 0.0870. The van der Waals surface area contributed by atoms with Crippen LogP contribution in [0.25, 0.3) is 0 Å². The maximum absolute atomic E-state index is 12.0. The summed E-state index contributed by atoms with van der Waals surface area (Å²) in [6.07, 6.45) is 11.0. The van der Waals surface area contributed by atoms with Crippen LogP contribution in [0.2, 0.25) is 0 Å². The van der Waals surface area contributed by atoms with Gasteiger partial charge in [0.05, 0.1) is 6.61 Å². The Morgan fingerprint density at radius 1 is 0.955 bits per heavy atom. The molecule has 0 bridgehead atoms. The predicted octanol–water partition coefficient (Wildman–Crippen LogP) is 3.20. The predicted molar refractivity (Wildman–Crippen MR) is 87.7 cm³/mol. The molecule has 5 heteroatoms. The van der Waals surface area contributed by atoms with Gasteiger partial charge >= 0.3 is 5.97 Å². The van der Waals surface area contributed by atoms with Gasteiger partial charge in [-0.3, -0.25) is 4.79 Å². The number of carboxylic acids is 1. The number of carbonyl (C=O) groups is 2. The summed E-state index contributed by atoms with van der Waals surface area (Å²) in [5, 5.41) is 17.9. The summed E-state index contributed by atoms with van der Waals surface area (Å²) in [6.45, 7) is 3.57. The number of aliphatic carboxylic acids is 1. The first-order chi connectivity index (χ1) is 10.5. The van der Waals surface area contributed by atoms with E-state index in [4.69, 9.17) is 10.2 Å². The second kappa shape index (κ2) is 13.6. The lowest BCUT2D eigenvalue weighted by molar-refractivity contribution is -0.149. The summed E-state index contributed by atoms with van der Waals surface area (Å²) >= 11 is 0. The zero-order chi connectivity index (χ0) is 16.8. The average Bonchev–Trinajstić information content (AvgIpc) is 2.50. The molecule has 2 N–H and O–H groups in total. The molecule has 0 aromatic carbocycles. The summed E-state index contributed by atoms with van der Waals surface area (Å²) in [6, 6.07) is -0.877. The van der Waals surface area contributed by atoms with Crippen molar-refractivity contribution in [1.82, 2.24) is 4.90 Å². The molecular formula is C17H33NO4. The lowest BCUT2D eigenvalue weighted by Gasteiger charge is -2.25. The topological polar surface area (TPSA) is 77.8 Å². The van der Waals surface area contributed by atoms with Gasteiger partial charge in [0.25, 0.3) is 0 Å². The van der Waals surface area contributed by atoms with Crippen LogP contribution in [-0.4, -0.2) is 46.2 Å². The van der Waals surface area contributed by atoms with E-state index in [1.807, 2.05) is 0 Å². The van der Waals surface area contributed by atoms with Crippen LogP contribution in [-0.2, 0) is 9.59 Å². The Morgan fingerprint density at radius 2 is 1.45 bits per heavy atom. The van der Waals surface area contributed by atoms with Crippen molar-refractivity contribution in [3.05, 3.63) is 0 Å². The third-order valence-corrected chi connectivity index (χ3v) is 3.98. The quantitative estimate of drug-likeness (QED) is 0.483.